The molecule has 2 aromatic heterocycles. The molecule has 2 heterocycles. The number of rotatable bonds is 8. The van der Waals surface area contributed by atoms with E-state index in [2.05, 4.69) is 31.5 Å². The summed E-state index contributed by atoms with van der Waals surface area (Å²) in [7, 11) is 1.63. The van der Waals surface area contributed by atoms with E-state index in [0.717, 1.165) is 13.1 Å². The molecular formula is C17H27N5O2. The lowest BCUT2D eigenvalue weighted by atomic mass is 9.95. The van der Waals surface area contributed by atoms with Gasteiger partial charge in [-0.1, -0.05) is 31.3 Å². The molecule has 0 unspecified atom stereocenters. The highest BCUT2D eigenvalue weighted by molar-refractivity contribution is 5.01. The van der Waals surface area contributed by atoms with Gasteiger partial charge < -0.3 is 13.8 Å². The summed E-state index contributed by atoms with van der Waals surface area (Å²) < 4.78 is 12.7. The summed E-state index contributed by atoms with van der Waals surface area (Å²) in [5.74, 6) is 1.23. The fraction of sp³-hybridized carbons (Fsp3) is 0.706. The van der Waals surface area contributed by atoms with E-state index in [1.165, 1.54) is 37.8 Å². The van der Waals surface area contributed by atoms with Crippen LogP contribution in [0.1, 0.15) is 62.5 Å². The molecule has 1 aliphatic rings. The Morgan fingerprint density at radius 3 is 2.88 bits per heavy atom. The minimum atomic E-state index is 0.379. The number of methoxy groups -OCH3 is 1. The fourth-order valence-corrected chi connectivity index (χ4v) is 3.38. The molecule has 24 heavy (non-hydrogen) atoms. The molecule has 132 valence electrons. The molecule has 2 aromatic rings. The van der Waals surface area contributed by atoms with E-state index < -0.39 is 0 Å². The van der Waals surface area contributed by atoms with E-state index in [9.17, 15) is 0 Å². The van der Waals surface area contributed by atoms with E-state index in [1.54, 1.807) is 7.11 Å². The first-order valence-corrected chi connectivity index (χ1v) is 8.83. The zero-order chi connectivity index (χ0) is 16.8. The van der Waals surface area contributed by atoms with Crippen LogP contribution in [0.4, 0.5) is 0 Å². The maximum Gasteiger partial charge on any atom is 0.240 e. The lowest BCUT2D eigenvalue weighted by molar-refractivity contribution is 0.174. The lowest BCUT2D eigenvalue weighted by Gasteiger charge is -2.26. The first-order chi connectivity index (χ1) is 11.8. The maximum absolute atomic E-state index is 5.31. The second kappa shape index (κ2) is 8.39. The predicted octanol–water partition coefficient (Wildman–Crippen LogP) is 2.94. The summed E-state index contributed by atoms with van der Waals surface area (Å²) in [5.41, 5.74) is 1.26. The quantitative estimate of drug-likeness (QED) is 0.740. The van der Waals surface area contributed by atoms with Crippen LogP contribution in [0, 0.1) is 0 Å². The number of hydrogen-bond acceptors (Lipinski definition) is 6. The van der Waals surface area contributed by atoms with E-state index in [-0.39, 0.29) is 0 Å². The molecular weight excluding hydrogens is 306 g/mol. The molecule has 3 rings (SSSR count). The van der Waals surface area contributed by atoms with Gasteiger partial charge in [0.2, 0.25) is 5.89 Å². The zero-order valence-electron chi connectivity index (χ0n) is 14.6. The van der Waals surface area contributed by atoms with Crippen molar-refractivity contribution in [3.8, 4) is 0 Å². The molecule has 0 N–H and O–H groups in total. The van der Waals surface area contributed by atoms with Gasteiger partial charge in [0.05, 0.1) is 18.6 Å². The standard InChI is InChI=1S/C17H27N5O2/c1-3-21(11-17-19-16(12-23-2)20-24-17)10-15-9-18-13-22(15)14-7-5-4-6-8-14/h9,13-14H,3-8,10-12H2,1-2H3. The van der Waals surface area contributed by atoms with Crippen LogP contribution < -0.4 is 0 Å². The van der Waals surface area contributed by atoms with Crippen molar-refractivity contribution in [3.63, 3.8) is 0 Å². The Morgan fingerprint density at radius 2 is 2.12 bits per heavy atom. The molecule has 0 bridgehead atoms. The molecule has 7 heteroatoms. The van der Waals surface area contributed by atoms with Crippen molar-refractivity contribution in [1.82, 2.24) is 24.6 Å². The lowest BCUT2D eigenvalue weighted by Crippen LogP contribution is -2.25. The Labute approximate surface area is 143 Å². The zero-order valence-corrected chi connectivity index (χ0v) is 14.6. The maximum atomic E-state index is 5.31. The first kappa shape index (κ1) is 17.1. The number of aromatic nitrogens is 4. The molecule has 0 aromatic carbocycles. The fourth-order valence-electron chi connectivity index (χ4n) is 3.38. The van der Waals surface area contributed by atoms with Crippen molar-refractivity contribution in [1.29, 1.82) is 0 Å². The molecule has 1 saturated carbocycles. The van der Waals surface area contributed by atoms with E-state index in [0.29, 0.717) is 30.9 Å². The molecule has 0 atom stereocenters. The number of nitrogens with zero attached hydrogens (tertiary/aromatic N) is 5. The van der Waals surface area contributed by atoms with Gasteiger partial charge in [0.1, 0.15) is 6.61 Å². The smallest absolute Gasteiger partial charge is 0.240 e. The monoisotopic (exact) mass is 333 g/mol. The molecule has 0 spiro atoms. The number of imidazole rings is 1. The van der Waals surface area contributed by atoms with Crippen molar-refractivity contribution in [2.75, 3.05) is 13.7 Å². The third kappa shape index (κ3) is 4.21. The van der Waals surface area contributed by atoms with Crippen LogP contribution in [0.15, 0.2) is 17.0 Å². The van der Waals surface area contributed by atoms with Gasteiger partial charge in [-0.3, -0.25) is 4.90 Å². The van der Waals surface area contributed by atoms with Gasteiger partial charge >= 0.3 is 0 Å². The average Bonchev–Trinajstić information content (AvgIpc) is 3.25. The van der Waals surface area contributed by atoms with Crippen LogP contribution in [-0.4, -0.2) is 38.2 Å². The Kier molecular flexibility index (Phi) is 5.98. The van der Waals surface area contributed by atoms with Crippen molar-refractivity contribution in [2.24, 2.45) is 0 Å². The molecule has 1 aliphatic carbocycles. The summed E-state index contributed by atoms with van der Waals surface area (Å²) in [5, 5.41) is 3.93. The third-order valence-corrected chi connectivity index (χ3v) is 4.69. The second-order valence-corrected chi connectivity index (χ2v) is 6.42. The SMILES string of the molecule is CCN(Cc1nc(COC)no1)Cc1cncn1C1CCCCC1. The summed E-state index contributed by atoms with van der Waals surface area (Å²) in [6.07, 6.45) is 10.5. The van der Waals surface area contributed by atoms with Gasteiger partial charge in [-0.25, -0.2) is 4.98 Å². The van der Waals surface area contributed by atoms with E-state index in [1.807, 2.05) is 12.5 Å². The summed E-state index contributed by atoms with van der Waals surface area (Å²) >= 11 is 0. The summed E-state index contributed by atoms with van der Waals surface area (Å²) in [6.45, 7) is 4.92. The van der Waals surface area contributed by atoms with Crippen LogP contribution >= 0.6 is 0 Å². The second-order valence-electron chi connectivity index (χ2n) is 6.42. The highest BCUT2D eigenvalue weighted by atomic mass is 16.5. The largest absolute Gasteiger partial charge is 0.377 e. The minimum Gasteiger partial charge on any atom is -0.377 e. The van der Waals surface area contributed by atoms with Gasteiger partial charge in [0, 0.05) is 25.9 Å². The van der Waals surface area contributed by atoms with Crippen LogP contribution in [0.5, 0.6) is 0 Å². The highest BCUT2D eigenvalue weighted by Crippen LogP contribution is 2.29. The normalized spacial score (nSPS) is 16.1. The first-order valence-electron chi connectivity index (χ1n) is 8.83. The van der Waals surface area contributed by atoms with Gasteiger partial charge in [-0.05, 0) is 19.4 Å². The van der Waals surface area contributed by atoms with Gasteiger partial charge in [-0.15, -0.1) is 0 Å². The predicted molar refractivity (Wildman–Crippen MR) is 89.1 cm³/mol. The molecule has 1 fully saturated rings. The molecule has 0 aliphatic heterocycles. The van der Waals surface area contributed by atoms with E-state index >= 15 is 0 Å². The van der Waals surface area contributed by atoms with Gasteiger partial charge in [0.15, 0.2) is 5.82 Å². The number of ether oxygens (including phenoxy) is 1. The van der Waals surface area contributed by atoms with Crippen LogP contribution in [0.3, 0.4) is 0 Å². The van der Waals surface area contributed by atoms with Crippen LogP contribution in [0.2, 0.25) is 0 Å². The summed E-state index contributed by atoms with van der Waals surface area (Å²) in [6, 6.07) is 0.603. The summed E-state index contributed by atoms with van der Waals surface area (Å²) in [4.78, 5) is 11.0. The molecule has 0 saturated heterocycles. The van der Waals surface area contributed by atoms with Crippen molar-refractivity contribution >= 4 is 0 Å². The Balaban J connectivity index is 1.63. The topological polar surface area (TPSA) is 69.2 Å². The third-order valence-electron chi connectivity index (χ3n) is 4.69. The minimum absolute atomic E-state index is 0.379. The Bertz CT molecular complexity index is 618. The van der Waals surface area contributed by atoms with Crippen LogP contribution in [0.25, 0.3) is 0 Å². The molecule has 0 radical (unpaired) electrons. The molecule has 7 nitrogen and oxygen atoms in total. The van der Waals surface area contributed by atoms with Crippen molar-refractivity contribution in [3.05, 3.63) is 29.9 Å². The van der Waals surface area contributed by atoms with Crippen molar-refractivity contribution < 1.29 is 9.26 Å². The highest BCUT2D eigenvalue weighted by Gasteiger charge is 2.19. The van der Waals surface area contributed by atoms with Crippen LogP contribution in [-0.2, 0) is 24.4 Å². The number of hydrogen-bond donors (Lipinski definition) is 0. The van der Waals surface area contributed by atoms with Gasteiger partial charge in [-0.2, -0.15) is 4.98 Å². The Hall–Kier alpha value is -1.73. The molecule has 0 amide bonds. The van der Waals surface area contributed by atoms with Crippen molar-refractivity contribution in [2.45, 2.75) is 64.8 Å². The average molecular weight is 333 g/mol. The van der Waals surface area contributed by atoms with E-state index in [4.69, 9.17) is 9.26 Å². The Morgan fingerprint density at radius 1 is 1.29 bits per heavy atom. The van der Waals surface area contributed by atoms with Gasteiger partial charge in [0.25, 0.3) is 0 Å².